The van der Waals surface area contributed by atoms with Crippen LogP contribution in [0.4, 0.5) is 5.69 Å². The summed E-state index contributed by atoms with van der Waals surface area (Å²) in [6.45, 7) is 2.49. The highest BCUT2D eigenvalue weighted by Gasteiger charge is 2.29. The number of allylic oxidation sites excluding steroid dienone is 1. The zero-order valence-corrected chi connectivity index (χ0v) is 18.7. The van der Waals surface area contributed by atoms with Gasteiger partial charge in [0.05, 0.1) is 13.2 Å². The molecule has 2 N–H and O–H groups in total. The van der Waals surface area contributed by atoms with Crippen LogP contribution in [-0.4, -0.2) is 17.3 Å². The minimum absolute atomic E-state index is 0.00273. The first-order valence-corrected chi connectivity index (χ1v) is 11.3. The first kappa shape index (κ1) is 22.8. The molecule has 5 nitrogen and oxygen atoms in total. The third-order valence-corrected chi connectivity index (χ3v) is 5.77. The molecule has 3 aromatic carbocycles. The Morgan fingerprint density at radius 2 is 1.64 bits per heavy atom. The SMILES string of the molecule is CCc1ccc([C@H]2C=C(C(=O)Nc3ccccc3)O[C@@H](OCc3ccc(CO)cc3)C2)cc1. The Kier molecular flexibility index (Phi) is 7.55. The highest BCUT2D eigenvalue weighted by molar-refractivity contribution is 6.02. The van der Waals surface area contributed by atoms with Crippen LogP contribution in [0.1, 0.15) is 41.5 Å². The van der Waals surface area contributed by atoms with Crippen molar-refractivity contribution < 1.29 is 19.4 Å². The number of amides is 1. The van der Waals surface area contributed by atoms with Gasteiger partial charge in [-0.1, -0.05) is 73.7 Å². The topological polar surface area (TPSA) is 67.8 Å². The second kappa shape index (κ2) is 10.9. The fourth-order valence-electron chi connectivity index (χ4n) is 3.80. The van der Waals surface area contributed by atoms with Crippen molar-refractivity contribution >= 4 is 11.6 Å². The third kappa shape index (κ3) is 6.09. The van der Waals surface area contributed by atoms with Gasteiger partial charge in [-0.15, -0.1) is 0 Å². The molecule has 0 fully saturated rings. The molecule has 5 heteroatoms. The fraction of sp³-hybridized carbons (Fsp3) is 0.250. The van der Waals surface area contributed by atoms with Gasteiger partial charge in [0.15, 0.2) is 5.76 Å². The van der Waals surface area contributed by atoms with Crippen LogP contribution in [0.15, 0.2) is 90.7 Å². The van der Waals surface area contributed by atoms with Gasteiger partial charge in [-0.05, 0) is 46.9 Å². The molecule has 3 aromatic rings. The van der Waals surface area contributed by atoms with Crippen molar-refractivity contribution in [3.63, 3.8) is 0 Å². The predicted molar refractivity (Wildman–Crippen MR) is 128 cm³/mol. The Morgan fingerprint density at radius 3 is 2.30 bits per heavy atom. The Morgan fingerprint density at radius 1 is 0.970 bits per heavy atom. The van der Waals surface area contributed by atoms with Gasteiger partial charge in [-0.3, -0.25) is 4.79 Å². The van der Waals surface area contributed by atoms with Crippen LogP contribution < -0.4 is 5.32 Å². The highest BCUT2D eigenvalue weighted by Crippen LogP contribution is 2.32. The van der Waals surface area contributed by atoms with E-state index in [-0.39, 0.29) is 24.2 Å². The number of ether oxygens (including phenoxy) is 2. The Balaban J connectivity index is 1.51. The first-order chi connectivity index (χ1) is 16.1. The first-order valence-electron chi connectivity index (χ1n) is 11.3. The van der Waals surface area contributed by atoms with E-state index in [0.717, 1.165) is 23.1 Å². The quantitative estimate of drug-likeness (QED) is 0.495. The zero-order chi connectivity index (χ0) is 23.0. The van der Waals surface area contributed by atoms with Crippen LogP contribution >= 0.6 is 0 Å². The monoisotopic (exact) mass is 443 g/mol. The van der Waals surface area contributed by atoms with Crippen molar-refractivity contribution in [2.24, 2.45) is 0 Å². The van der Waals surface area contributed by atoms with Crippen LogP contribution in [-0.2, 0) is 33.9 Å². The largest absolute Gasteiger partial charge is 0.459 e. The van der Waals surface area contributed by atoms with E-state index in [1.165, 1.54) is 5.56 Å². The van der Waals surface area contributed by atoms with Gasteiger partial charge in [0.2, 0.25) is 6.29 Å². The molecule has 0 bridgehead atoms. The van der Waals surface area contributed by atoms with Crippen LogP contribution in [0.2, 0.25) is 0 Å². The number of hydrogen-bond donors (Lipinski definition) is 2. The van der Waals surface area contributed by atoms with Gasteiger partial charge >= 0.3 is 0 Å². The molecular formula is C28H29NO4. The molecule has 4 rings (SSSR count). The lowest BCUT2D eigenvalue weighted by Gasteiger charge is -2.29. The van der Waals surface area contributed by atoms with Crippen LogP contribution in [0, 0.1) is 0 Å². The van der Waals surface area contributed by atoms with Crippen LogP contribution in [0.25, 0.3) is 0 Å². The number of nitrogens with one attached hydrogen (secondary N) is 1. The molecular weight excluding hydrogens is 414 g/mol. The van der Waals surface area contributed by atoms with Crippen molar-refractivity contribution in [3.8, 4) is 0 Å². The van der Waals surface area contributed by atoms with E-state index >= 15 is 0 Å². The second-order valence-corrected chi connectivity index (χ2v) is 8.12. The summed E-state index contributed by atoms with van der Waals surface area (Å²) < 4.78 is 12.0. The van der Waals surface area contributed by atoms with E-state index in [1.807, 2.05) is 60.7 Å². The number of hydrogen-bond acceptors (Lipinski definition) is 4. The number of aliphatic hydroxyl groups excluding tert-OH is 1. The predicted octanol–water partition coefficient (Wildman–Crippen LogP) is 5.31. The summed E-state index contributed by atoms with van der Waals surface area (Å²) >= 11 is 0. The number of aryl methyl sites for hydroxylation is 1. The molecule has 33 heavy (non-hydrogen) atoms. The molecule has 0 aromatic heterocycles. The van der Waals surface area contributed by atoms with E-state index < -0.39 is 6.29 Å². The molecule has 1 aliphatic heterocycles. The molecule has 0 aliphatic carbocycles. The molecule has 170 valence electrons. The molecule has 0 saturated carbocycles. The van der Waals surface area contributed by atoms with Crippen molar-refractivity contribution in [2.75, 3.05) is 5.32 Å². The molecule has 0 radical (unpaired) electrons. The zero-order valence-electron chi connectivity index (χ0n) is 18.7. The number of rotatable bonds is 8. The Hall–Kier alpha value is -3.41. The van der Waals surface area contributed by atoms with E-state index in [9.17, 15) is 9.90 Å². The maximum absolute atomic E-state index is 13.0. The van der Waals surface area contributed by atoms with E-state index in [0.29, 0.717) is 18.7 Å². The molecule has 1 aliphatic rings. The molecule has 1 heterocycles. The summed E-state index contributed by atoms with van der Waals surface area (Å²) in [5.74, 6) is -0.0322. The van der Waals surface area contributed by atoms with Gasteiger partial charge in [0.1, 0.15) is 0 Å². The lowest BCUT2D eigenvalue weighted by Crippen LogP contribution is -2.29. The maximum Gasteiger partial charge on any atom is 0.290 e. The standard InChI is InChI=1S/C28H29NO4/c1-2-20-12-14-23(15-13-20)24-16-26(28(31)29-25-6-4-3-5-7-25)33-27(17-24)32-19-22-10-8-21(18-30)9-11-22/h3-16,24,27,30H,2,17-19H2,1H3,(H,29,31)/t24-,27+/m0/s1. The van der Waals surface area contributed by atoms with E-state index in [4.69, 9.17) is 9.47 Å². The number of benzene rings is 3. The van der Waals surface area contributed by atoms with Gasteiger partial charge in [-0.2, -0.15) is 0 Å². The average molecular weight is 444 g/mol. The van der Waals surface area contributed by atoms with Gasteiger partial charge < -0.3 is 19.9 Å². The number of aliphatic hydroxyl groups is 1. The lowest BCUT2D eigenvalue weighted by atomic mass is 9.92. The van der Waals surface area contributed by atoms with Crippen molar-refractivity contribution in [1.29, 1.82) is 0 Å². The van der Waals surface area contributed by atoms with E-state index in [1.54, 1.807) is 0 Å². The Labute approximate surface area is 194 Å². The minimum Gasteiger partial charge on any atom is -0.459 e. The number of anilines is 1. The fourth-order valence-corrected chi connectivity index (χ4v) is 3.80. The van der Waals surface area contributed by atoms with Gasteiger partial charge in [0, 0.05) is 18.0 Å². The summed E-state index contributed by atoms with van der Waals surface area (Å²) in [7, 11) is 0. The van der Waals surface area contributed by atoms with E-state index in [2.05, 4.69) is 36.5 Å². The maximum atomic E-state index is 13.0. The summed E-state index contributed by atoms with van der Waals surface area (Å²) in [6.07, 6.45) is 2.92. The number of carbonyl (C=O) groups is 1. The van der Waals surface area contributed by atoms with Crippen molar-refractivity contribution in [1.82, 2.24) is 0 Å². The highest BCUT2D eigenvalue weighted by atomic mass is 16.7. The summed E-state index contributed by atoms with van der Waals surface area (Å²) in [6, 6.07) is 25.4. The lowest BCUT2D eigenvalue weighted by molar-refractivity contribution is -0.147. The summed E-state index contributed by atoms with van der Waals surface area (Å²) in [5.41, 5.74) is 4.94. The molecule has 1 amide bonds. The minimum atomic E-state index is -0.556. The second-order valence-electron chi connectivity index (χ2n) is 8.12. The van der Waals surface area contributed by atoms with Crippen molar-refractivity contribution in [2.45, 2.75) is 45.2 Å². The Bertz CT molecular complexity index is 1080. The van der Waals surface area contributed by atoms with Gasteiger partial charge in [-0.25, -0.2) is 0 Å². The van der Waals surface area contributed by atoms with Crippen LogP contribution in [0.3, 0.4) is 0 Å². The number of para-hydroxylation sites is 1. The normalized spacial score (nSPS) is 17.7. The smallest absolute Gasteiger partial charge is 0.290 e. The molecule has 0 saturated heterocycles. The summed E-state index contributed by atoms with van der Waals surface area (Å²) in [4.78, 5) is 13.0. The number of carbonyl (C=O) groups excluding carboxylic acids is 1. The van der Waals surface area contributed by atoms with Gasteiger partial charge in [0.25, 0.3) is 5.91 Å². The molecule has 0 spiro atoms. The molecule has 2 atom stereocenters. The average Bonchev–Trinajstić information content (AvgIpc) is 2.88. The third-order valence-electron chi connectivity index (χ3n) is 5.77. The van der Waals surface area contributed by atoms with Crippen molar-refractivity contribution in [3.05, 3.63) is 113 Å². The van der Waals surface area contributed by atoms with Crippen LogP contribution in [0.5, 0.6) is 0 Å². The molecule has 0 unspecified atom stereocenters. The summed E-state index contributed by atoms with van der Waals surface area (Å²) in [5, 5.41) is 12.1.